The Morgan fingerprint density at radius 2 is 1.10 bits per heavy atom. The van der Waals surface area contributed by atoms with E-state index in [1.165, 1.54) is 56.1 Å². The predicted octanol–water partition coefficient (Wildman–Crippen LogP) is 8.68. The summed E-state index contributed by atoms with van der Waals surface area (Å²) in [6.45, 7) is 9.41. The molecule has 1 aliphatic carbocycles. The Morgan fingerprint density at radius 1 is 0.677 bits per heavy atom. The van der Waals surface area contributed by atoms with Crippen LogP contribution in [0.25, 0.3) is 0 Å². The Balaban J connectivity index is 1.80. The molecule has 170 valence electrons. The molecule has 0 radical (unpaired) electrons. The van der Waals surface area contributed by atoms with E-state index < -0.39 is 18.4 Å². The third kappa shape index (κ3) is 7.35. The molecule has 1 fully saturated rings. The average molecular weight is 526 g/mol. The van der Waals surface area contributed by atoms with Crippen LogP contribution in [0.4, 0.5) is 0 Å². The zero-order valence-electron chi connectivity index (χ0n) is 20.4. The van der Waals surface area contributed by atoms with Gasteiger partial charge in [0.25, 0.3) is 0 Å². The minimum atomic E-state index is -2.15. The van der Waals surface area contributed by atoms with Crippen LogP contribution in [0.3, 0.4) is 0 Å². The first kappa shape index (κ1) is 24.8. The van der Waals surface area contributed by atoms with Crippen LogP contribution in [-0.4, -0.2) is 29.3 Å². The number of benzene rings is 2. The van der Waals surface area contributed by atoms with Crippen LogP contribution in [-0.2, 0) is 13.1 Å². The minimum absolute atomic E-state index is 0.835. The van der Waals surface area contributed by atoms with Crippen molar-refractivity contribution in [1.82, 2.24) is 4.90 Å². The van der Waals surface area contributed by atoms with Gasteiger partial charge < -0.3 is 0 Å². The maximum absolute atomic E-state index is 2.85. The van der Waals surface area contributed by atoms with Gasteiger partial charge in [0, 0.05) is 0 Å². The van der Waals surface area contributed by atoms with Gasteiger partial charge in [-0.05, 0) is 0 Å². The fourth-order valence-electron chi connectivity index (χ4n) is 5.69. The van der Waals surface area contributed by atoms with Gasteiger partial charge in [-0.2, -0.15) is 0 Å². The van der Waals surface area contributed by atoms with Gasteiger partial charge >= 0.3 is 197 Å². The summed E-state index contributed by atoms with van der Waals surface area (Å²) in [4.78, 5) is 2.85. The van der Waals surface area contributed by atoms with E-state index in [-0.39, 0.29) is 0 Å². The van der Waals surface area contributed by atoms with Gasteiger partial charge in [0.15, 0.2) is 0 Å². The number of rotatable bonds is 15. The molecule has 2 aromatic carbocycles. The van der Waals surface area contributed by atoms with Crippen molar-refractivity contribution in [3.63, 3.8) is 0 Å². The van der Waals surface area contributed by atoms with E-state index in [9.17, 15) is 0 Å². The number of hydrogen-bond acceptors (Lipinski definition) is 1. The molecule has 0 N–H and O–H groups in total. The van der Waals surface area contributed by atoms with Crippen LogP contribution in [0.2, 0.25) is 17.2 Å². The Kier molecular flexibility index (Phi) is 10.4. The molecular formula is C29H45NSn. The molecule has 2 aromatic rings. The summed E-state index contributed by atoms with van der Waals surface area (Å²) in [5, 5.41) is 0. The first-order valence-corrected chi connectivity index (χ1v) is 20.7. The Morgan fingerprint density at radius 3 is 1.48 bits per heavy atom. The molecule has 1 nitrogen and oxygen atoms in total. The van der Waals surface area contributed by atoms with E-state index in [1.807, 2.05) is 0 Å². The third-order valence-corrected chi connectivity index (χ3v) is 25.4. The van der Waals surface area contributed by atoms with Gasteiger partial charge in [0.1, 0.15) is 0 Å². The van der Waals surface area contributed by atoms with Crippen molar-refractivity contribution >= 4 is 18.4 Å². The topological polar surface area (TPSA) is 3.24 Å². The van der Waals surface area contributed by atoms with Crippen molar-refractivity contribution in [2.45, 2.75) is 102 Å². The summed E-state index contributed by atoms with van der Waals surface area (Å²) >= 11 is -2.15. The van der Waals surface area contributed by atoms with E-state index in [0.717, 1.165) is 23.1 Å². The summed E-state index contributed by atoms with van der Waals surface area (Å²) in [5.41, 5.74) is 2.95. The molecule has 3 rings (SSSR count). The first-order chi connectivity index (χ1) is 15.2. The molecule has 0 unspecified atom stereocenters. The van der Waals surface area contributed by atoms with Crippen molar-refractivity contribution < 1.29 is 0 Å². The first-order valence-electron chi connectivity index (χ1n) is 13.0. The molecule has 0 amide bonds. The van der Waals surface area contributed by atoms with Crippen molar-refractivity contribution in [3.05, 3.63) is 71.8 Å². The average Bonchev–Trinajstić information content (AvgIpc) is 3.61. The van der Waals surface area contributed by atoms with Crippen LogP contribution < -0.4 is 0 Å². The van der Waals surface area contributed by atoms with E-state index in [1.54, 1.807) is 13.3 Å². The molecule has 2 atom stereocenters. The SMILES string of the molecule is CCC[CH2][Sn]([CH2]CCC)([CH2]CCC)[C@H]1C[C@H]1N(Cc1ccccc1)Cc1ccccc1. The molecule has 0 bridgehead atoms. The molecule has 2 heteroatoms. The van der Waals surface area contributed by atoms with Gasteiger partial charge in [0.05, 0.1) is 0 Å². The molecule has 0 aliphatic heterocycles. The summed E-state index contributed by atoms with van der Waals surface area (Å²) < 4.78 is 6.04. The molecule has 0 saturated heterocycles. The van der Waals surface area contributed by atoms with Crippen LogP contribution in [0, 0.1) is 0 Å². The fourth-order valence-corrected chi connectivity index (χ4v) is 25.1. The second-order valence-corrected chi connectivity index (χ2v) is 24.1. The van der Waals surface area contributed by atoms with E-state index in [0.29, 0.717) is 0 Å². The van der Waals surface area contributed by atoms with Crippen LogP contribution in [0.1, 0.15) is 76.8 Å². The molecule has 1 aliphatic rings. The van der Waals surface area contributed by atoms with Crippen molar-refractivity contribution in [2.24, 2.45) is 0 Å². The Labute approximate surface area is 196 Å². The zero-order chi connectivity index (χ0) is 21.9. The number of unbranched alkanes of at least 4 members (excludes halogenated alkanes) is 3. The summed E-state index contributed by atoms with van der Waals surface area (Å²) in [6.07, 6.45) is 10.1. The molecule has 0 heterocycles. The van der Waals surface area contributed by atoms with Gasteiger partial charge in [-0.3, -0.25) is 0 Å². The Hall–Kier alpha value is -0.801. The van der Waals surface area contributed by atoms with Gasteiger partial charge in [-0.1, -0.05) is 0 Å². The quantitative estimate of drug-likeness (QED) is 0.210. The molecule has 0 aromatic heterocycles. The van der Waals surface area contributed by atoms with Gasteiger partial charge in [-0.25, -0.2) is 0 Å². The molecule has 1 saturated carbocycles. The molecule has 31 heavy (non-hydrogen) atoms. The fraction of sp³-hybridized carbons (Fsp3) is 0.586. The van der Waals surface area contributed by atoms with Crippen molar-refractivity contribution in [2.75, 3.05) is 0 Å². The van der Waals surface area contributed by atoms with Gasteiger partial charge in [0.2, 0.25) is 0 Å². The summed E-state index contributed by atoms with van der Waals surface area (Å²) in [5.74, 6) is 0. The third-order valence-electron chi connectivity index (χ3n) is 7.55. The standard InChI is InChI=1S/C17H18N.3C4H9.Sn/c1-3-7-15(8-4-1)13-18(17-11-12-17)14-16-9-5-2-6-10-16;3*1-3-4-2;/h1-11,17H,12-14H2;3*1,3-4H2,2H3;/t17-;;;;/m0..../s1. The molecule has 0 spiro atoms. The van der Waals surface area contributed by atoms with Gasteiger partial charge in [-0.15, -0.1) is 0 Å². The predicted molar refractivity (Wildman–Crippen MR) is 139 cm³/mol. The van der Waals surface area contributed by atoms with Crippen molar-refractivity contribution in [3.8, 4) is 0 Å². The Bertz CT molecular complexity index is 666. The normalized spacial score (nSPS) is 18.5. The monoisotopic (exact) mass is 527 g/mol. The maximum atomic E-state index is 2.85. The number of hydrogen-bond donors (Lipinski definition) is 0. The second kappa shape index (κ2) is 13.0. The zero-order valence-corrected chi connectivity index (χ0v) is 23.2. The second-order valence-electron chi connectivity index (χ2n) is 9.96. The van der Waals surface area contributed by atoms with Crippen LogP contribution in [0.5, 0.6) is 0 Å². The molecular weight excluding hydrogens is 481 g/mol. The van der Waals surface area contributed by atoms with E-state index in [2.05, 4.69) is 86.3 Å². The van der Waals surface area contributed by atoms with Crippen molar-refractivity contribution in [1.29, 1.82) is 0 Å². The van der Waals surface area contributed by atoms with E-state index in [4.69, 9.17) is 0 Å². The number of nitrogens with zero attached hydrogens (tertiary/aromatic N) is 1. The van der Waals surface area contributed by atoms with Crippen LogP contribution >= 0.6 is 0 Å². The summed E-state index contributed by atoms with van der Waals surface area (Å²) in [6, 6.07) is 23.2. The van der Waals surface area contributed by atoms with Crippen LogP contribution in [0.15, 0.2) is 60.7 Å². The van der Waals surface area contributed by atoms with E-state index >= 15 is 0 Å². The summed E-state index contributed by atoms with van der Waals surface area (Å²) in [7, 11) is 0.